The first-order chi connectivity index (χ1) is 14.2. The normalized spacial score (nSPS) is 15.2. The summed E-state index contributed by atoms with van der Waals surface area (Å²) in [6.45, 7) is 4.37. The minimum atomic E-state index is -0.378. The lowest BCUT2D eigenvalue weighted by Gasteiger charge is -2.26. The molecule has 0 saturated carbocycles. The summed E-state index contributed by atoms with van der Waals surface area (Å²) in [4.78, 5) is 22.3. The van der Waals surface area contributed by atoms with Gasteiger partial charge in [-0.25, -0.2) is 9.78 Å². The molecule has 4 aromatic rings. The molecule has 0 atom stereocenters. The number of nitrogens with zero attached hydrogens (tertiary/aromatic N) is 3. The van der Waals surface area contributed by atoms with E-state index in [-0.39, 0.29) is 5.97 Å². The number of hydrogen-bond acceptors (Lipinski definition) is 6. The van der Waals surface area contributed by atoms with Crippen LogP contribution in [0.5, 0.6) is 0 Å². The zero-order valence-electron chi connectivity index (χ0n) is 16.1. The van der Waals surface area contributed by atoms with E-state index in [1.54, 1.807) is 12.1 Å². The molecule has 0 bridgehead atoms. The molecule has 0 unspecified atom stereocenters. The quantitative estimate of drug-likeness (QED) is 0.519. The van der Waals surface area contributed by atoms with E-state index in [1.165, 1.54) is 12.7 Å². The van der Waals surface area contributed by atoms with Gasteiger partial charge < -0.3 is 14.5 Å². The number of rotatable bonds is 4. The summed E-state index contributed by atoms with van der Waals surface area (Å²) in [5.74, 6) is 0.285. The molecule has 29 heavy (non-hydrogen) atoms. The van der Waals surface area contributed by atoms with E-state index in [0.29, 0.717) is 17.1 Å². The lowest BCUT2D eigenvalue weighted by molar-refractivity contribution is 0.0342. The number of ether oxygens (including phenoxy) is 2. The van der Waals surface area contributed by atoms with Crippen molar-refractivity contribution in [3.8, 4) is 11.5 Å². The first-order valence-corrected chi connectivity index (χ1v) is 9.57. The molecule has 3 heterocycles. The van der Waals surface area contributed by atoms with Gasteiger partial charge in [-0.3, -0.25) is 10.00 Å². The standard InChI is InChI=1S/C21H21N5O3/c1-28-21(27)14-3-5-16-15(11-14)19(25-24-16)20-22-17-4-2-13(10-18(17)23-20)12-26-6-8-29-9-7-26/h2-5,10-11H,6-9,12H2,1H3,(H,22,23)(H,24,25). The highest BCUT2D eigenvalue weighted by atomic mass is 16.5. The number of methoxy groups -OCH3 is 1. The molecule has 1 aliphatic rings. The van der Waals surface area contributed by atoms with Crippen LogP contribution in [-0.4, -0.2) is 64.4 Å². The fourth-order valence-electron chi connectivity index (χ4n) is 3.72. The largest absolute Gasteiger partial charge is 0.465 e. The average Bonchev–Trinajstić information content (AvgIpc) is 3.36. The molecule has 1 saturated heterocycles. The van der Waals surface area contributed by atoms with Crippen molar-refractivity contribution in [1.29, 1.82) is 0 Å². The molecule has 8 heteroatoms. The first kappa shape index (κ1) is 17.8. The topological polar surface area (TPSA) is 96.1 Å². The Bertz CT molecular complexity index is 1190. The number of hydrogen-bond donors (Lipinski definition) is 2. The zero-order valence-corrected chi connectivity index (χ0v) is 16.1. The van der Waals surface area contributed by atoms with Crippen LogP contribution in [0.1, 0.15) is 15.9 Å². The van der Waals surface area contributed by atoms with E-state index >= 15 is 0 Å². The highest BCUT2D eigenvalue weighted by Crippen LogP contribution is 2.27. The van der Waals surface area contributed by atoms with Crippen LogP contribution < -0.4 is 0 Å². The van der Waals surface area contributed by atoms with Crippen LogP contribution in [0.3, 0.4) is 0 Å². The predicted octanol–water partition coefficient (Wildman–Crippen LogP) is 2.73. The SMILES string of the molecule is COC(=O)c1ccc2[nH]nc(-c3nc4ccc(CN5CCOCC5)cc4[nH]3)c2c1. The fourth-order valence-corrected chi connectivity index (χ4v) is 3.72. The molecule has 2 N–H and O–H groups in total. The van der Waals surface area contributed by atoms with Gasteiger partial charge in [-0.15, -0.1) is 0 Å². The number of nitrogens with one attached hydrogen (secondary N) is 2. The number of aromatic nitrogens is 4. The Balaban J connectivity index is 1.49. The van der Waals surface area contributed by atoms with Crippen molar-refractivity contribution < 1.29 is 14.3 Å². The van der Waals surface area contributed by atoms with Crippen molar-refractivity contribution in [3.05, 3.63) is 47.5 Å². The van der Waals surface area contributed by atoms with Gasteiger partial charge in [0.05, 0.1) is 42.4 Å². The van der Waals surface area contributed by atoms with E-state index in [1.807, 2.05) is 12.1 Å². The molecule has 8 nitrogen and oxygen atoms in total. The molecule has 0 aliphatic carbocycles. The Morgan fingerprint density at radius 2 is 2.03 bits per heavy atom. The van der Waals surface area contributed by atoms with Crippen LogP contribution in [0.25, 0.3) is 33.5 Å². The number of esters is 1. The minimum Gasteiger partial charge on any atom is -0.465 e. The van der Waals surface area contributed by atoms with Crippen LogP contribution in [0, 0.1) is 0 Å². The summed E-state index contributed by atoms with van der Waals surface area (Å²) < 4.78 is 10.2. The molecule has 148 valence electrons. The summed E-state index contributed by atoms with van der Waals surface area (Å²) in [5, 5.41) is 8.23. The number of fused-ring (bicyclic) bond motifs is 2. The third kappa shape index (κ3) is 3.37. The lowest BCUT2D eigenvalue weighted by Crippen LogP contribution is -2.35. The number of imidazole rings is 1. The molecular weight excluding hydrogens is 370 g/mol. The number of H-pyrrole nitrogens is 2. The van der Waals surface area contributed by atoms with Crippen molar-refractivity contribution in [2.24, 2.45) is 0 Å². The van der Waals surface area contributed by atoms with Gasteiger partial charge >= 0.3 is 5.97 Å². The van der Waals surface area contributed by atoms with Gasteiger partial charge in [0.2, 0.25) is 0 Å². The molecule has 2 aromatic heterocycles. The van der Waals surface area contributed by atoms with Gasteiger partial charge in [0, 0.05) is 25.0 Å². The Morgan fingerprint density at radius 3 is 2.86 bits per heavy atom. The summed E-state index contributed by atoms with van der Waals surface area (Å²) >= 11 is 0. The van der Waals surface area contributed by atoms with Crippen LogP contribution in [0.2, 0.25) is 0 Å². The first-order valence-electron chi connectivity index (χ1n) is 9.57. The van der Waals surface area contributed by atoms with Gasteiger partial charge in [-0.1, -0.05) is 6.07 Å². The molecule has 0 spiro atoms. The maximum atomic E-state index is 11.9. The maximum Gasteiger partial charge on any atom is 0.337 e. The van der Waals surface area contributed by atoms with E-state index < -0.39 is 0 Å². The molecular formula is C21H21N5O3. The second kappa shape index (κ2) is 7.31. The number of carbonyl (C=O) groups is 1. The van der Waals surface area contributed by atoms with Crippen molar-refractivity contribution in [2.45, 2.75) is 6.54 Å². The summed E-state index contributed by atoms with van der Waals surface area (Å²) in [7, 11) is 1.37. The second-order valence-corrected chi connectivity index (χ2v) is 7.15. The number of carbonyl (C=O) groups excluding carboxylic acids is 1. The minimum absolute atomic E-state index is 0.378. The smallest absolute Gasteiger partial charge is 0.337 e. The van der Waals surface area contributed by atoms with Gasteiger partial charge in [0.25, 0.3) is 0 Å². The maximum absolute atomic E-state index is 11.9. The van der Waals surface area contributed by atoms with Crippen LogP contribution in [0.4, 0.5) is 0 Å². The summed E-state index contributed by atoms with van der Waals surface area (Å²) in [6.07, 6.45) is 0. The van der Waals surface area contributed by atoms with E-state index in [0.717, 1.165) is 54.8 Å². The summed E-state index contributed by atoms with van der Waals surface area (Å²) in [5.41, 5.74) is 5.07. The average molecular weight is 391 g/mol. The van der Waals surface area contributed by atoms with E-state index in [9.17, 15) is 4.79 Å². The van der Waals surface area contributed by atoms with Crippen LogP contribution in [-0.2, 0) is 16.0 Å². The summed E-state index contributed by atoms with van der Waals surface area (Å²) in [6, 6.07) is 11.6. The van der Waals surface area contributed by atoms with Gasteiger partial charge in [-0.2, -0.15) is 5.10 Å². The van der Waals surface area contributed by atoms with Gasteiger partial charge in [0.1, 0.15) is 5.69 Å². The van der Waals surface area contributed by atoms with Gasteiger partial charge in [-0.05, 0) is 35.9 Å². The van der Waals surface area contributed by atoms with Crippen molar-refractivity contribution in [3.63, 3.8) is 0 Å². The molecule has 5 rings (SSSR count). The van der Waals surface area contributed by atoms with Crippen molar-refractivity contribution >= 4 is 27.9 Å². The second-order valence-electron chi connectivity index (χ2n) is 7.15. The molecule has 2 aromatic carbocycles. The third-order valence-corrected chi connectivity index (χ3v) is 5.26. The highest BCUT2D eigenvalue weighted by Gasteiger charge is 2.16. The molecule has 1 fully saturated rings. The van der Waals surface area contributed by atoms with E-state index in [2.05, 4.69) is 32.2 Å². The Kier molecular flexibility index (Phi) is 4.49. The van der Waals surface area contributed by atoms with Crippen molar-refractivity contribution in [2.75, 3.05) is 33.4 Å². The number of aromatic amines is 2. The molecule has 0 amide bonds. The van der Waals surface area contributed by atoms with Crippen LogP contribution >= 0.6 is 0 Å². The Morgan fingerprint density at radius 1 is 1.17 bits per heavy atom. The number of morpholine rings is 1. The molecule has 1 aliphatic heterocycles. The number of benzene rings is 2. The molecule has 0 radical (unpaired) electrons. The van der Waals surface area contributed by atoms with E-state index in [4.69, 9.17) is 14.5 Å². The van der Waals surface area contributed by atoms with Gasteiger partial charge in [0.15, 0.2) is 5.82 Å². The third-order valence-electron chi connectivity index (χ3n) is 5.26. The Labute approximate surface area is 166 Å². The van der Waals surface area contributed by atoms with Crippen LogP contribution in [0.15, 0.2) is 36.4 Å². The Hall–Kier alpha value is -3.23. The van der Waals surface area contributed by atoms with Crippen molar-refractivity contribution in [1.82, 2.24) is 25.1 Å². The highest BCUT2D eigenvalue weighted by molar-refractivity contribution is 5.99. The monoisotopic (exact) mass is 391 g/mol. The zero-order chi connectivity index (χ0) is 19.8. The lowest BCUT2D eigenvalue weighted by atomic mass is 10.1. The predicted molar refractivity (Wildman–Crippen MR) is 109 cm³/mol. The fraction of sp³-hybridized carbons (Fsp3) is 0.286.